The van der Waals surface area contributed by atoms with Gasteiger partial charge in [-0.3, -0.25) is 0 Å². The van der Waals surface area contributed by atoms with Gasteiger partial charge in [-0.25, -0.2) is 4.79 Å². The molecular formula is C14H18N2O2S. The first-order valence-electron chi connectivity index (χ1n) is 5.91. The van der Waals surface area contributed by atoms with Gasteiger partial charge in [0.1, 0.15) is 6.04 Å². The number of carbonyl (C=O) groups is 1. The summed E-state index contributed by atoms with van der Waals surface area (Å²) in [6.45, 7) is 5.73. The van der Waals surface area contributed by atoms with Gasteiger partial charge in [-0.1, -0.05) is 20.8 Å². The van der Waals surface area contributed by atoms with Gasteiger partial charge in [0.25, 0.3) is 0 Å². The smallest absolute Gasteiger partial charge is 0.326 e. The van der Waals surface area contributed by atoms with Gasteiger partial charge in [0.15, 0.2) is 0 Å². The van der Waals surface area contributed by atoms with E-state index in [9.17, 15) is 9.90 Å². The number of carboxylic acids is 1. The van der Waals surface area contributed by atoms with Crippen molar-refractivity contribution in [2.45, 2.75) is 26.8 Å². The van der Waals surface area contributed by atoms with Crippen LogP contribution in [0.25, 0.3) is 0 Å². The highest BCUT2D eigenvalue weighted by atomic mass is 32.1. The van der Waals surface area contributed by atoms with Crippen molar-refractivity contribution in [3.05, 3.63) is 24.3 Å². The van der Waals surface area contributed by atoms with E-state index in [2.05, 4.69) is 22.4 Å². The number of rotatable bonds is 4. The number of aliphatic carboxylic acids is 1. The van der Waals surface area contributed by atoms with Crippen molar-refractivity contribution in [3.63, 3.8) is 0 Å². The van der Waals surface area contributed by atoms with Crippen LogP contribution in [0.4, 0.5) is 11.4 Å². The van der Waals surface area contributed by atoms with Gasteiger partial charge in [-0.2, -0.15) is 4.99 Å². The molecule has 0 aromatic heterocycles. The summed E-state index contributed by atoms with van der Waals surface area (Å²) in [4.78, 5) is 17.1. The summed E-state index contributed by atoms with van der Waals surface area (Å²) in [5.41, 5.74) is 1.16. The van der Waals surface area contributed by atoms with E-state index in [0.717, 1.165) is 5.69 Å². The monoisotopic (exact) mass is 278 g/mol. The number of thiocarbonyl (C=S) groups is 1. The van der Waals surface area contributed by atoms with Crippen LogP contribution in [0.2, 0.25) is 0 Å². The second-order valence-electron chi connectivity index (χ2n) is 5.44. The van der Waals surface area contributed by atoms with Crippen molar-refractivity contribution in [3.8, 4) is 0 Å². The number of nitrogens with zero attached hydrogens (tertiary/aromatic N) is 2. The molecule has 0 fully saturated rings. The maximum absolute atomic E-state index is 11.4. The van der Waals surface area contributed by atoms with Crippen LogP contribution in [-0.4, -0.2) is 29.3 Å². The average Bonchev–Trinajstić information content (AvgIpc) is 2.27. The van der Waals surface area contributed by atoms with Crippen LogP contribution in [-0.2, 0) is 4.79 Å². The highest BCUT2D eigenvalue weighted by Gasteiger charge is 2.34. The standard InChI is InChI=1S/C14H18N2O2S/c1-14(2,3)12(13(17)18)16(4)11-7-5-10(6-8-11)15-9-19/h5-8,12H,1-4H3,(H,17,18). The molecule has 0 saturated carbocycles. The number of hydrogen-bond acceptors (Lipinski definition) is 4. The Hall–Kier alpha value is -1.71. The summed E-state index contributed by atoms with van der Waals surface area (Å²) in [6, 6.07) is 6.62. The Balaban J connectivity index is 3.06. The van der Waals surface area contributed by atoms with E-state index in [0.29, 0.717) is 5.69 Å². The summed E-state index contributed by atoms with van der Waals surface area (Å²) < 4.78 is 0. The van der Waals surface area contributed by atoms with E-state index in [-0.39, 0.29) is 5.41 Å². The largest absolute Gasteiger partial charge is 0.480 e. The fourth-order valence-corrected chi connectivity index (χ4v) is 2.19. The van der Waals surface area contributed by atoms with E-state index in [1.165, 1.54) is 0 Å². The molecule has 102 valence electrons. The minimum atomic E-state index is -0.837. The first kappa shape index (κ1) is 15.3. The zero-order valence-electron chi connectivity index (χ0n) is 11.5. The molecule has 0 bridgehead atoms. The molecule has 1 aromatic carbocycles. The lowest BCUT2D eigenvalue weighted by molar-refractivity contribution is -0.141. The third-order valence-corrected chi connectivity index (χ3v) is 2.96. The van der Waals surface area contributed by atoms with E-state index >= 15 is 0 Å². The Bertz CT molecular complexity index is 499. The zero-order valence-corrected chi connectivity index (χ0v) is 12.4. The number of likely N-dealkylation sites (N-methyl/N-ethyl adjacent to an activating group) is 1. The summed E-state index contributed by atoms with van der Waals surface area (Å²) in [5.74, 6) is -0.837. The maximum atomic E-state index is 11.4. The van der Waals surface area contributed by atoms with E-state index in [1.54, 1.807) is 24.1 Å². The minimum Gasteiger partial charge on any atom is -0.480 e. The summed E-state index contributed by atoms with van der Waals surface area (Å²) >= 11 is 4.54. The van der Waals surface area contributed by atoms with Crippen molar-refractivity contribution in [2.24, 2.45) is 10.4 Å². The molecule has 0 spiro atoms. The van der Waals surface area contributed by atoms with Crippen LogP contribution in [0.15, 0.2) is 29.3 Å². The highest BCUT2D eigenvalue weighted by molar-refractivity contribution is 7.78. The van der Waals surface area contributed by atoms with Gasteiger partial charge >= 0.3 is 5.97 Å². The number of benzene rings is 1. The average molecular weight is 278 g/mol. The second kappa shape index (κ2) is 5.95. The molecule has 1 atom stereocenters. The topological polar surface area (TPSA) is 52.9 Å². The van der Waals surface area contributed by atoms with Crippen molar-refractivity contribution in [2.75, 3.05) is 11.9 Å². The Morgan fingerprint density at radius 3 is 2.26 bits per heavy atom. The van der Waals surface area contributed by atoms with Crippen molar-refractivity contribution in [1.82, 2.24) is 0 Å². The fourth-order valence-electron chi connectivity index (χ4n) is 2.08. The SMILES string of the molecule is CN(c1ccc(N=C=S)cc1)C(C(=O)O)C(C)(C)C. The zero-order chi connectivity index (χ0) is 14.6. The number of hydrogen-bond donors (Lipinski definition) is 1. The van der Waals surface area contributed by atoms with Gasteiger partial charge in [0.2, 0.25) is 0 Å². The number of isothiocyanates is 1. The lowest BCUT2D eigenvalue weighted by Crippen LogP contribution is -2.47. The van der Waals surface area contributed by atoms with Crippen LogP contribution in [0.5, 0.6) is 0 Å². The molecule has 1 unspecified atom stereocenters. The lowest BCUT2D eigenvalue weighted by atomic mass is 9.85. The third kappa shape index (κ3) is 3.88. The summed E-state index contributed by atoms with van der Waals surface area (Å²) in [7, 11) is 1.78. The molecular weight excluding hydrogens is 260 g/mol. The summed E-state index contributed by atoms with van der Waals surface area (Å²) in [6.07, 6.45) is 0. The first-order chi connectivity index (χ1) is 8.77. The van der Waals surface area contributed by atoms with Crippen molar-refractivity contribution < 1.29 is 9.90 Å². The molecule has 0 aliphatic rings. The molecule has 0 heterocycles. The van der Waals surface area contributed by atoms with Crippen molar-refractivity contribution in [1.29, 1.82) is 0 Å². The molecule has 0 aliphatic heterocycles. The molecule has 19 heavy (non-hydrogen) atoms. The predicted octanol–water partition coefficient (Wildman–Crippen LogP) is 3.36. The predicted molar refractivity (Wildman–Crippen MR) is 80.4 cm³/mol. The molecule has 1 aromatic rings. The molecule has 5 heteroatoms. The summed E-state index contributed by atoms with van der Waals surface area (Å²) in [5, 5.41) is 11.7. The van der Waals surface area contributed by atoms with E-state index in [1.807, 2.05) is 32.9 Å². The van der Waals surface area contributed by atoms with Crippen LogP contribution in [0, 0.1) is 5.41 Å². The Labute approximate surface area is 118 Å². The van der Waals surface area contributed by atoms with Gasteiger partial charge in [-0.05, 0) is 41.9 Å². The van der Waals surface area contributed by atoms with Gasteiger partial charge in [0, 0.05) is 12.7 Å². The Morgan fingerprint density at radius 2 is 1.89 bits per heavy atom. The molecule has 0 saturated heterocycles. The van der Waals surface area contributed by atoms with Crippen LogP contribution < -0.4 is 4.90 Å². The van der Waals surface area contributed by atoms with Crippen LogP contribution in [0.3, 0.4) is 0 Å². The fraction of sp³-hybridized carbons (Fsp3) is 0.429. The van der Waals surface area contributed by atoms with Crippen LogP contribution >= 0.6 is 12.2 Å². The lowest BCUT2D eigenvalue weighted by Gasteiger charge is -2.36. The number of carboxylic acid groups (broad SMARTS) is 1. The maximum Gasteiger partial charge on any atom is 0.326 e. The molecule has 0 aliphatic carbocycles. The number of aliphatic imine (C=N–C) groups is 1. The van der Waals surface area contributed by atoms with Crippen LogP contribution in [0.1, 0.15) is 20.8 Å². The van der Waals surface area contributed by atoms with Gasteiger partial charge in [0.05, 0.1) is 10.8 Å². The Kier molecular flexibility index (Phi) is 4.81. The van der Waals surface area contributed by atoms with E-state index < -0.39 is 12.0 Å². The normalized spacial score (nSPS) is 12.4. The van der Waals surface area contributed by atoms with Gasteiger partial charge in [-0.15, -0.1) is 0 Å². The quantitative estimate of drug-likeness (QED) is 0.678. The minimum absolute atomic E-state index is 0.369. The van der Waals surface area contributed by atoms with Gasteiger partial charge < -0.3 is 10.0 Å². The molecule has 1 rings (SSSR count). The number of anilines is 1. The molecule has 4 nitrogen and oxygen atoms in total. The first-order valence-corrected chi connectivity index (χ1v) is 6.32. The Morgan fingerprint density at radius 1 is 1.37 bits per heavy atom. The third-order valence-electron chi connectivity index (χ3n) is 2.87. The van der Waals surface area contributed by atoms with Crippen molar-refractivity contribution >= 4 is 34.7 Å². The molecule has 0 amide bonds. The molecule has 1 N–H and O–H groups in total. The van der Waals surface area contributed by atoms with E-state index in [4.69, 9.17) is 0 Å². The highest BCUT2D eigenvalue weighted by Crippen LogP contribution is 2.28. The molecule has 0 radical (unpaired) electrons. The second-order valence-corrected chi connectivity index (χ2v) is 5.62.